The fraction of sp³-hybridized carbons (Fsp3) is 0.188. The zero-order chi connectivity index (χ0) is 15.1. The summed E-state index contributed by atoms with van der Waals surface area (Å²) in [6, 6.07) is 15.3. The summed E-state index contributed by atoms with van der Waals surface area (Å²) in [5.74, 6) is 0.771. The number of ether oxygens (including phenoxy) is 1. The molecule has 0 saturated heterocycles. The van der Waals surface area contributed by atoms with Gasteiger partial charge in [-0.05, 0) is 39.2 Å². The van der Waals surface area contributed by atoms with Gasteiger partial charge in [-0.3, -0.25) is 0 Å². The van der Waals surface area contributed by atoms with Crippen LogP contribution in [0, 0.1) is 0 Å². The Balaban J connectivity index is 1.80. The average Bonchev–Trinajstić information content (AvgIpc) is 2.52. The number of halogens is 1. The van der Waals surface area contributed by atoms with Crippen LogP contribution < -0.4 is 15.4 Å². The second-order valence-corrected chi connectivity index (χ2v) is 5.35. The number of benzene rings is 2. The summed E-state index contributed by atoms with van der Waals surface area (Å²) < 4.78 is 6.04. The summed E-state index contributed by atoms with van der Waals surface area (Å²) in [6.45, 7) is 0.974. The van der Waals surface area contributed by atoms with Crippen molar-refractivity contribution in [3.63, 3.8) is 0 Å². The summed E-state index contributed by atoms with van der Waals surface area (Å²) in [6.07, 6.45) is 0. The van der Waals surface area contributed by atoms with Crippen LogP contribution in [0.1, 0.15) is 11.1 Å². The molecule has 5 heteroatoms. The number of amides is 2. The first-order chi connectivity index (χ1) is 10.2. The topological polar surface area (TPSA) is 50.4 Å². The molecule has 0 heterocycles. The van der Waals surface area contributed by atoms with Gasteiger partial charge in [0.2, 0.25) is 0 Å². The van der Waals surface area contributed by atoms with Gasteiger partial charge in [-0.2, -0.15) is 0 Å². The summed E-state index contributed by atoms with van der Waals surface area (Å²) in [5.41, 5.74) is 2.07. The molecule has 0 bridgehead atoms. The van der Waals surface area contributed by atoms with Gasteiger partial charge in [-0.25, -0.2) is 4.79 Å². The van der Waals surface area contributed by atoms with Crippen LogP contribution in [-0.4, -0.2) is 13.1 Å². The van der Waals surface area contributed by atoms with Gasteiger partial charge in [-0.15, -0.1) is 0 Å². The molecule has 0 aliphatic heterocycles. The van der Waals surface area contributed by atoms with E-state index in [1.54, 1.807) is 7.11 Å². The van der Waals surface area contributed by atoms with Gasteiger partial charge < -0.3 is 15.4 Å². The minimum absolute atomic E-state index is 0.189. The van der Waals surface area contributed by atoms with Crippen LogP contribution in [0.5, 0.6) is 5.75 Å². The number of nitrogens with one attached hydrogen (secondary N) is 2. The number of methoxy groups -OCH3 is 1. The van der Waals surface area contributed by atoms with Crippen LogP contribution in [0.15, 0.2) is 53.0 Å². The van der Waals surface area contributed by atoms with Crippen molar-refractivity contribution in [2.75, 3.05) is 7.11 Å². The predicted molar refractivity (Wildman–Crippen MR) is 86.2 cm³/mol. The van der Waals surface area contributed by atoms with E-state index in [4.69, 9.17) is 4.74 Å². The Morgan fingerprint density at radius 3 is 2.33 bits per heavy atom. The molecule has 2 rings (SSSR count). The number of rotatable bonds is 5. The van der Waals surface area contributed by atoms with Crippen molar-refractivity contribution in [1.82, 2.24) is 10.6 Å². The molecular weight excluding hydrogens is 332 g/mol. The van der Waals surface area contributed by atoms with Gasteiger partial charge in [0.15, 0.2) is 0 Å². The largest absolute Gasteiger partial charge is 0.496 e. The third kappa shape index (κ3) is 4.79. The Morgan fingerprint density at radius 1 is 1.05 bits per heavy atom. The van der Waals surface area contributed by atoms with E-state index in [1.807, 2.05) is 48.5 Å². The molecule has 21 heavy (non-hydrogen) atoms. The number of carbonyl (C=O) groups excluding carboxylic acids is 1. The second kappa shape index (κ2) is 7.69. The molecule has 4 nitrogen and oxygen atoms in total. The van der Waals surface area contributed by atoms with Crippen molar-refractivity contribution >= 4 is 22.0 Å². The van der Waals surface area contributed by atoms with Gasteiger partial charge >= 0.3 is 6.03 Å². The Labute approximate surface area is 132 Å². The van der Waals surface area contributed by atoms with Crippen molar-refractivity contribution in [3.8, 4) is 5.75 Å². The molecule has 2 aromatic carbocycles. The van der Waals surface area contributed by atoms with E-state index in [1.165, 1.54) is 0 Å². The molecule has 0 aliphatic carbocycles. The first-order valence-corrected chi connectivity index (χ1v) is 7.36. The zero-order valence-corrected chi connectivity index (χ0v) is 13.3. The summed E-state index contributed by atoms with van der Waals surface area (Å²) in [7, 11) is 1.62. The second-order valence-electron chi connectivity index (χ2n) is 4.49. The standard InChI is InChI=1S/C16H17BrN2O2/c1-21-15-8-7-13(9-14(15)17)11-19-16(20)18-10-12-5-3-2-4-6-12/h2-9H,10-11H2,1H3,(H2,18,19,20). The maximum absolute atomic E-state index is 11.7. The summed E-state index contributed by atoms with van der Waals surface area (Å²) in [4.78, 5) is 11.7. The van der Waals surface area contributed by atoms with Crippen molar-refractivity contribution in [2.45, 2.75) is 13.1 Å². The zero-order valence-electron chi connectivity index (χ0n) is 11.7. The number of carbonyl (C=O) groups is 1. The van der Waals surface area contributed by atoms with Crippen LogP contribution in [0.25, 0.3) is 0 Å². The maximum Gasteiger partial charge on any atom is 0.315 e. The van der Waals surface area contributed by atoms with E-state index in [-0.39, 0.29) is 6.03 Å². The van der Waals surface area contributed by atoms with Crippen LogP contribution in [0.2, 0.25) is 0 Å². The lowest BCUT2D eigenvalue weighted by molar-refractivity contribution is 0.240. The first-order valence-electron chi connectivity index (χ1n) is 6.57. The fourth-order valence-electron chi connectivity index (χ4n) is 1.84. The Kier molecular flexibility index (Phi) is 5.63. The van der Waals surface area contributed by atoms with Gasteiger partial charge in [0.1, 0.15) is 5.75 Å². The lowest BCUT2D eigenvalue weighted by atomic mass is 10.2. The highest BCUT2D eigenvalue weighted by molar-refractivity contribution is 9.10. The van der Waals surface area contributed by atoms with Gasteiger partial charge in [-0.1, -0.05) is 36.4 Å². The van der Waals surface area contributed by atoms with Crippen LogP contribution in [0.3, 0.4) is 0 Å². The van der Waals surface area contributed by atoms with E-state index in [0.717, 1.165) is 21.3 Å². The van der Waals surface area contributed by atoms with E-state index in [0.29, 0.717) is 13.1 Å². The molecular formula is C16H17BrN2O2. The molecule has 0 atom stereocenters. The maximum atomic E-state index is 11.7. The molecule has 2 amide bonds. The highest BCUT2D eigenvalue weighted by Crippen LogP contribution is 2.25. The number of hydrogen-bond acceptors (Lipinski definition) is 2. The average molecular weight is 349 g/mol. The minimum Gasteiger partial charge on any atom is -0.496 e. The molecule has 0 saturated carbocycles. The lowest BCUT2D eigenvalue weighted by Gasteiger charge is -2.09. The van der Waals surface area contributed by atoms with E-state index < -0.39 is 0 Å². The number of hydrogen-bond donors (Lipinski definition) is 2. The highest BCUT2D eigenvalue weighted by Gasteiger charge is 2.04. The summed E-state index contributed by atoms with van der Waals surface area (Å²) >= 11 is 3.42. The number of urea groups is 1. The monoisotopic (exact) mass is 348 g/mol. The SMILES string of the molecule is COc1ccc(CNC(=O)NCc2ccccc2)cc1Br. The third-order valence-corrected chi connectivity index (χ3v) is 3.58. The predicted octanol–water partition coefficient (Wildman–Crippen LogP) is 3.46. The Bertz CT molecular complexity index is 602. The third-order valence-electron chi connectivity index (χ3n) is 2.97. The molecule has 0 fully saturated rings. The molecule has 2 N–H and O–H groups in total. The van der Waals surface area contributed by atoms with Crippen molar-refractivity contribution in [2.24, 2.45) is 0 Å². The Morgan fingerprint density at radius 2 is 1.71 bits per heavy atom. The van der Waals surface area contributed by atoms with E-state index >= 15 is 0 Å². The fourth-order valence-corrected chi connectivity index (χ4v) is 2.43. The molecule has 0 unspecified atom stereocenters. The molecule has 0 spiro atoms. The summed E-state index contributed by atoms with van der Waals surface area (Å²) in [5, 5.41) is 5.64. The molecule has 2 aromatic rings. The molecule has 0 aromatic heterocycles. The smallest absolute Gasteiger partial charge is 0.315 e. The normalized spacial score (nSPS) is 10.0. The van der Waals surface area contributed by atoms with Crippen molar-refractivity contribution < 1.29 is 9.53 Å². The lowest BCUT2D eigenvalue weighted by Crippen LogP contribution is -2.34. The minimum atomic E-state index is -0.189. The van der Waals surface area contributed by atoms with Gasteiger partial charge in [0.25, 0.3) is 0 Å². The van der Waals surface area contributed by atoms with Crippen molar-refractivity contribution in [3.05, 3.63) is 64.1 Å². The van der Waals surface area contributed by atoms with Crippen LogP contribution in [-0.2, 0) is 13.1 Å². The molecule has 0 aliphatic rings. The van der Waals surface area contributed by atoms with Crippen LogP contribution in [0.4, 0.5) is 4.79 Å². The van der Waals surface area contributed by atoms with Gasteiger partial charge in [0, 0.05) is 13.1 Å². The van der Waals surface area contributed by atoms with Gasteiger partial charge in [0.05, 0.1) is 11.6 Å². The molecule has 0 radical (unpaired) electrons. The Hall–Kier alpha value is -2.01. The van der Waals surface area contributed by atoms with Crippen LogP contribution >= 0.6 is 15.9 Å². The van der Waals surface area contributed by atoms with E-state index in [9.17, 15) is 4.79 Å². The highest BCUT2D eigenvalue weighted by atomic mass is 79.9. The molecule has 110 valence electrons. The van der Waals surface area contributed by atoms with E-state index in [2.05, 4.69) is 26.6 Å². The first kappa shape index (κ1) is 15.4. The van der Waals surface area contributed by atoms with Crippen molar-refractivity contribution in [1.29, 1.82) is 0 Å². The quantitative estimate of drug-likeness (QED) is 0.869.